The lowest BCUT2D eigenvalue weighted by Gasteiger charge is -2.15. The molecule has 0 saturated heterocycles. The van der Waals surface area contributed by atoms with Crippen LogP contribution in [0.25, 0.3) is 0 Å². The van der Waals surface area contributed by atoms with Gasteiger partial charge in [-0.05, 0) is 48.5 Å². The third-order valence-corrected chi connectivity index (χ3v) is 9.22. The van der Waals surface area contributed by atoms with Gasteiger partial charge in [0, 0.05) is 41.8 Å². The number of hydrogen-bond donors (Lipinski definition) is 0. The summed E-state index contributed by atoms with van der Waals surface area (Å²) in [6.07, 6.45) is 3.17. The Balaban J connectivity index is 0. The Labute approximate surface area is 262 Å². The summed E-state index contributed by atoms with van der Waals surface area (Å²) < 4.78 is 24.7. The molecule has 0 atom stereocenters. The summed E-state index contributed by atoms with van der Waals surface area (Å²) in [5.74, 6) is -0.863. The van der Waals surface area contributed by atoms with Gasteiger partial charge in [0.15, 0.2) is 5.69 Å². The number of ether oxygens (including phenoxy) is 4. The number of nitrogens with zero attached hydrogens (tertiary/aromatic N) is 5. The van der Waals surface area contributed by atoms with Gasteiger partial charge in [-0.1, -0.05) is 54.1 Å². The first-order valence-corrected chi connectivity index (χ1v) is 21.4. The van der Waals surface area contributed by atoms with Crippen LogP contribution in [0.4, 0.5) is 0 Å². The second kappa shape index (κ2) is 19.9. The molecule has 0 fully saturated rings. The highest BCUT2D eigenvalue weighted by Gasteiger charge is 2.18. The molecule has 0 aliphatic heterocycles. The second-order valence-corrected chi connectivity index (χ2v) is 23.3. The number of carbonyl (C=O) groups excluding carboxylic acids is 2. The van der Waals surface area contributed by atoms with Gasteiger partial charge in [-0.15, -0.1) is 0 Å². The van der Waals surface area contributed by atoms with E-state index in [1.165, 1.54) is 10.9 Å². The van der Waals surface area contributed by atoms with E-state index in [0.717, 1.165) is 18.7 Å². The summed E-state index contributed by atoms with van der Waals surface area (Å²) >= 11 is 2.03. The number of nitriles is 1. The van der Waals surface area contributed by atoms with Crippen LogP contribution in [0.2, 0.25) is 51.4 Å². The van der Waals surface area contributed by atoms with Gasteiger partial charge in [-0.2, -0.15) is 15.5 Å². The first-order valence-electron chi connectivity index (χ1n) is 12.9. The Morgan fingerprint density at radius 1 is 0.829 bits per heavy atom. The Morgan fingerprint density at radius 3 is 1.66 bits per heavy atom. The first-order chi connectivity index (χ1) is 18.2. The molecule has 2 aromatic rings. The van der Waals surface area contributed by atoms with Gasteiger partial charge in [0.2, 0.25) is 0 Å². The summed E-state index contributed by atoms with van der Waals surface area (Å²) in [6, 6.07) is 4.07. The molecule has 2 rings (SSSR count). The summed E-state index contributed by atoms with van der Waals surface area (Å²) in [6.45, 7) is 19.9. The van der Waals surface area contributed by atoms with Gasteiger partial charge in [0.05, 0.1) is 13.2 Å². The normalized spacial score (nSPS) is 10.8. The fourth-order valence-electron chi connectivity index (χ4n) is 2.81. The van der Waals surface area contributed by atoms with E-state index in [1.54, 1.807) is 24.7 Å². The highest BCUT2D eigenvalue weighted by atomic mass is 127. The summed E-state index contributed by atoms with van der Waals surface area (Å²) in [4.78, 5) is 23.3. The Hall–Kier alpha value is -2.07. The zero-order chi connectivity index (χ0) is 29.6. The van der Waals surface area contributed by atoms with Gasteiger partial charge >= 0.3 is 11.9 Å². The number of halogens is 1. The van der Waals surface area contributed by atoms with Crippen LogP contribution in [0.15, 0.2) is 12.4 Å². The summed E-state index contributed by atoms with van der Waals surface area (Å²) in [5, 5.41) is 17.2. The molecule has 0 spiro atoms. The van der Waals surface area contributed by atoms with Crippen LogP contribution in [0.5, 0.6) is 0 Å². The molecule has 0 radical (unpaired) electrons. The van der Waals surface area contributed by atoms with Crippen LogP contribution in [0.3, 0.4) is 0 Å². The van der Waals surface area contributed by atoms with Gasteiger partial charge in [0.25, 0.3) is 0 Å². The highest BCUT2D eigenvalue weighted by molar-refractivity contribution is 14.1. The van der Waals surface area contributed by atoms with E-state index >= 15 is 0 Å². The Morgan fingerprint density at radius 2 is 1.24 bits per heavy atom. The molecule has 0 amide bonds. The van der Waals surface area contributed by atoms with Crippen molar-refractivity contribution in [2.45, 2.75) is 93.5 Å². The lowest BCUT2D eigenvalue weighted by atomic mass is 10.3. The average Bonchev–Trinajstić information content (AvgIpc) is 3.42. The fraction of sp³-hybridized carbons (Fsp3) is 0.667. The van der Waals surface area contributed by atoms with Crippen molar-refractivity contribution in [2.75, 3.05) is 26.4 Å². The van der Waals surface area contributed by atoms with Crippen molar-refractivity contribution < 1.29 is 28.5 Å². The molecule has 14 heteroatoms. The molecule has 41 heavy (non-hydrogen) atoms. The zero-order valence-corrected chi connectivity index (χ0v) is 28.5. The molecule has 234 valence electrons. The molecule has 2 aromatic heterocycles. The monoisotopic (exact) mass is 723 g/mol. The molecular formula is C27H50IN5O6Si2. The van der Waals surface area contributed by atoms with Crippen LogP contribution in [0, 0.1) is 15.0 Å². The van der Waals surface area contributed by atoms with E-state index in [0.29, 0.717) is 29.2 Å². The van der Waals surface area contributed by atoms with Gasteiger partial charge < -0.3 is 18.9 Å². The number of aromatic nitrogens is 4. The minimum Gasteiger partial charge on any atom is -0.462 e. The van der Waals surface area contributed by atoms with Gasteiger partial charge in [0.1, 0.15) is 34.4 Å². The van der Waals surface area contributed by atoms with Gasteiger partial charge in [-0.25, -0.2) is 19.0 Å². The van der Waals surface area contributed by atoms with E-state index in [9.17, 15) is 9.59 Å². The first kappa shape index (κ1) is 41.1. The van der Waals surface area contributed by atoms with Crippen molar-refractivity contribution in [2.24, 2.45) is 0 Å². The van der Waals surface area contributed by atoms with E-state index in [1.807, 2.05) is 28.7 Å². The van der Waals surface area contributed by atoms with E-state index in [-0.39, 0.29) is 45.4 Å². The molecule has 0 N–H and O–H groups in total. The molecule has 11 nitrogen and oxygen atoms in total. The number of carbonyl (C=O) groups is 2. The Bertz CT molecular complexity index is 1100. The van der Waals surface area contributed by atoms with Crippen molar-refractivity contribution in [3.63, 3.8) is 0 Å². The largest absolute Gasteiger partial charge is 0.462 e. The van der Waals surface area contributed by atoms with Crippen LogP contribution in [-0.4, -0.2) is 74.1 Å². The van der Waals surface area contributed by atoms with Crippen molar-refractivity contribution in [3.8, 4) is 6.07 Å². The average molecular weight is 724 g/mol. The van der Waals surface area contributed by atoms with E-state index < -0.39 is 22.1 Å². The van der Waals surface area contributed by atoms with E-state index in [2.05, 4.69) is 49.5 Å². The summed E-state index contributed by atoms with van der Waals surface area (Å²) in [7, 11) is -2.18. The highest BCUT2D eigenvalue weighted by Crippen LogP contribution is 2.13. The molecule has 2 heterocycles. The van der Waals surface area contributed by atoms with Crippen LogP contribution in [0.1, 0.15) is 55.1 Å². The molecular weight excluding hydrogens is 673 g/mol. The third-order valence-electron chi connectivity index (χ3n) is 5.01. The SMILES string of the molecule is C.C.CCOC(=O)c1cn(COCC[Si](C)(C)C)nc1C#N.CCOC(=O)c1cn(COCC[Si](C)(C)C)nc1I. The predicted octanol–water partition coefficient (Wildman–Crippen LogP) is 6.49. The molecule has 0 unspecified atom stereocenters. The molecule has 0 saturated carbocycles. The van der Waals surface area contributed by atoms with Crippen molar-refractivity contribution in [3.05, 3.63) is 32.9 Å². The minimum absolute atomic E-state index is 0. The fourth-order valence-corrected chi connectivity index (χ4v) is 4.96. The minimum atomic E-state index is -1.12. The molecule has 0 aromatic carbocycles. The lowest BCUT2D eigenvalue weighted by molar-refractivity contribution is 0.0514. The maximum Gasteiger partial charge on any atom is 0.342 e. The standard InChI is InChI=1S/C13H21N3O3Si.C12H21IN2O3Si.2CH4/c1-5-19-13(17)11-9-16(15-12(11)8-14)10-18-6-7-20(2,3)4;1-5-18-12(16)10-8-15(14-11(10)13)9-17-6-7-19(2,3)4;;/h9H,5-7,10H2,1-4H3;8H,5-7,9H2,1-4H3;2*1H4. The maximum absolute atomic E-state index is 11.6. The number of rotatable bonds is 14. The van der Waals surface area contributed by atoms with Gasteiger partial charge in [-0.3, -0.25) is 0 Å². The predicted molar refractivity (Wildman–Crippen MR) is 175 cm³/mol. The Kier molecular flexibility index (Phi) is 20.0. The van der Waals surface area contributed by atoms with Crippen LogP contribution >= 0.6 is 22.6 Å². The number of esters is 2. The van der Waals surface area contributed by atoms with Crippen molar-refractivity contribution in [1.82, 2.24) is 19.6 Å². The number of hydrogen-bond acceptors (Lipinski definition) is 9. The molecule has 0 aliphatic carbocycles. The lowest BCUT2D eigenvalue weighted by Crippen LogP contribution is -2.22. The van der Waals surface area contributed by atoms with Crippen molar-refractivity contribution in [1.29, 1.82) is 5.26 Å². The van der Waals surface area contributed by atoms with Crippen LogP contribution < -0.4 is 0 Å². The topological polar surface area (TPSA) is 130 Å². The summed E-state index contributed by atoms with van der Waals surface area (Å²) in [5.41, 5.74) is 0.747. The quantitative estimate of drug-likeness (QED) is 0.0929. The van der Waals surface area contributed by atoms with Crippen LogP contribution in [-0.2, 0) is 32.4 Å². The van der Waals surface area contributed by atoms with E-state index in [4.69, 9.17) is 24.2 Å². The smallest absolute Gasteiger partial charge is 0.342 e. The third kappa shape index (κ3) is 16.8. The zero-order valence-electron chi connectivity index (χ0n) is 24.4. The van der Waals surface area contributed by atoms with Crippen molar-refractivity contribution >= 4 is 50.7 Å². The maximum atomic E-state index is 11.6. The molecule has 0 aliphatic rings. The molecule has 0 bridgehead atoms. The second-order valence-electron chi connectivity index (χ2n) is 11.1.